The van der Waals surface area contributed by atoms with E-state index in [2.05, 4.69) is 10.4 Å². The highest BCUT2D eigenvalue weighted by molar-refractivity contribution is 6.31. The lowest BCUT2D eigenvalue weighted by Gasteiger charge is -2.28. The maximum atomic E-state index is 13.5. The molecule has 0 aromatic heterocycles. The molecule has 9 heteroatoms. The monoisotopic (exact) mass is 486 g/mol. The van der Waals surface area contributed by atoms with E-state index >= 15 is 0 Å². The Morgan fingerprint density at radius 1 is 1.21 bits per heavy atom. The molecule has 0 aliphatic carbocycles. The van der Waals surface area contributed by atoms with Crippen LogP contribution in [0.5, 0.6) is 5.75 Å². The third-order valence-electron chi connectivity index (χ3n) is 5.42. The lowest BCUT2D eigenvalue weighted by molar-refractivity contribution is -0.133. The molecule has 0 bridgehead atoms. The van der Waals surface area contributed by atoms with Gasteiger partial charge in [0.05, 0.1) is 25.5 Å². The van der Waals surface area contributed by atoms with Crippen molar-refractivity contribution < 1.29 is 19.1 Å². The van der Waals surface area contributed by atoms with E-state index in [0.29, 0.717) is 23.8 Å². The molecular formula is C25H31ClN4O4. The SMILES string of the molecule is COCCN(CC(=O)N1N=C(c2cccc(OC)c2)C[C@H]1c1ccccc1Cl)C(=O)NC(C)C. The molecule has 0 saturated carbocycles. The van der Waals surface area contributed by atoms with Gasteiger partial charge in [0.2, 0.25) is 0 Å². The van der Waals surface area contributed by atoms with E-state index in [9.17, 15) is 9.59 Å². The maximum Gasteiger partial charge on any atom is 0.318 e. The van der Waals surface area contributed by atoms with Crippen molar-refractivity contribution in [2.75, 3.05) is 33.9 Å². The van der Waals surface area contributed by atoms with Crippen LogP contribution < -0.4 is 10.1 Å². The van der Waals surface area contributed by atoms with Crippen molar-refractivity contribution in [1.29, 1.82) is 0 Å². The second-order valence-corrected chi connectivity index (χ2v) is 8.68. The number of halogens is 1. The third-order valence-corrected chi connectivity index (χ3v) is 5.77. The van der Waals surface area contributed by atoms with Gasteiger partial charge < -0.3 is 19.7 Å². The average Bonchev–Trinajstić information content (AvgIpc) is 3.27. The van der Waals surface area contributed by atoms with Crippen molar-refractivity contribution in [3.63, 3.8) is 0 Å². The van der Waals surface area contributed by atoms with E-state index in [1.54, 1.807) is 20.3 Å². The van der Waals surface area contributed by atoms with E-state index in [-0.39, 0.29) is 37.1 Å². The molecule has 1 N–H and O–H groups in total. The Labute approximate surface area is 205 Å². The van der Waals surface area contributed by atoms with Crippen LogP contribution in [0, 0.1) is 0 Å². The Bertz CT molecular complexity index is 1040. The second kappa shape index (κ2) is 11.9. The van der Waals surface area contributed by atoms with Crippen molar-refractivity contribution in [2.24, 2.45) is 5.10 Å². The fraction of sp³-hybridized carbons (Fsp3) is 0.400. The Hall–Kier alpha value is -3.10. The molecule has 0 radical (unpaired) electrons. The zero-order valence-corrected chi connectivity index (χ0v) is 20.7. The lowest BCUT2D eigenvalue weighted by Crippen LogP contribution is -2.48. The van der Waals surface area contributed by atoms with E-state index in [0.717, 1.165) is 16.8 Å². The fourth-order valence-electron chi connectivity index (χ4n) is 3.73. The number of nitrogens with one attached hydrogen (secondary N) is 1. The van der Waals surface area contributed by atoms with Crippen LogP contribution in [0.15, 0.2) is 53.6 Å². The first-order chi connectivity index (χ1) is 16.3. The van der Waals surface area contributed by atoms with E-state index < -0.39 is 0 Å². The first-order valence-corrected chi connectivity index (χ1v) is 11.5. The smallest absolute Gasteiger partial charge is 0.318 e. The molecule has 2 aromatic carbocycles. The van der Waals surface area contributed by atoms with Crippen molar-refractivity contribution >= 4 is 29.3 Å². The zero-order valence-electron chi connectivity index (χ0n) is 20.0. The van der Waals surface area contributed by atoms with Gasteiger partial charge in [-0.2, -0.15) is 5.10 Å². The molecule has 2 aromatic rings. The summed E-state index contributed by atoms with van der Waals surface area (Å²) in [5.74, 6) is 0.396. The van der Waals surface area contributed by atoms with Crippen LogP contribution in [0.3, 0.4) is 0 Å². The van der Waals surface area contributed by atoms with Crippen molar-refractivity contribution in [3.8, 4) is 5.75 Å². The first kappa shape index (κ1) is 25.5. The Morgan fingerprint density at radius 2 is 1.97 bits per heavy atom. The second-order valence-electron chi connectivity index (χ2n) is 8.28. The van der Waals surface area contributed by atoms with Gasteiger partial charge in [-0.05, 0) is 37.6 Å². The van der Waals surface area contributed by atoms with E-state index in [1.165, 1.54) is 9.91 Å². The highest BCUT2D eigenvalue weighted by atomic mass is 35.5. The molecule has 1 aliphatic rings. The topological polar surface area (TPSA) is 83.5 Å². The van der Waals surface area contributed by atoms with Gasteiger partial charge in [-0.1, -0.05) is 41.9 Å². The molecule has 1 heterocycles. The first-order valence-electron chi connectivity index (χ1n) is 11.2. The predicted molar refractivity (Wildman–Crippen MR) is 132 cm³/mol. The molecule has 3 amide bonds. The van der Waals surface area contributed by atoms with Crippen LogP contribution in [0.4, 0.5) is 4.79 Å². The number of hydrogen-bond donors (Lipinski definition) is 1. The molecule has 0 saturated heterocycles. The summed E-state index contributed by atoms with van der Waals surface area (Å²) < 4.78 is 10.5. The van der Waals surface area contributed by atoms with Gasteiger partial charge in [-0.25, -0.2) is 9.80 Å². The molecule has 8 nitrogen and oxygen atoms in total. The molecule has 0 spiro atoms. The minimum absolute atomic E-state index is 0.0620. The number of amides is 3. The minimum Gasteiger partial charge on any atom is -0.497 e. The number of rotatable bonds is 9. The summed E-state index contributed by atoms with van der Waals surface area (Å²) in [7, 11) is 3.16. The number of ether oxygens (including phenoxy) is 2. The third kappa shape index (κ3) is 6.27. The molecule has 1 atom stereocenters. The van der Waals surface area contributed by atoms with Crippen LogP contribution >= 0.6 is 11.6 Å². The molecule has 1 aliphatic heterocycles. The molecular weight excluding hydrogens is 456 g/mol. The summed E-state index contributed by atoms with van der Waals surface area (Å²) >= 11 is 6.50. The summed E-state index contributed by atoms with van der Waals surface area (Å²) in [4.78, 5) is 27.6. The van der Waals surface area contributed by atoms with Crippen LogP contribution in [0.1, 0.15) is 37.4 Å². The number of carbonyl (C=O) groups is 2. The number of carbonyl (C=O) groups excluding carboxylic acids is 2. The minimum atomic E-state index is -0.389. The number of benzene rings is 2. The van der Waals surface area contributed by atoms with Gasteiger partial charge in [0, 0.05) is 36.7 Å². The highest BCUT2D eigenvalue weighted by Gasteiger charge is 2.35. The highest BCUT2D eigenvalue weighted by Crippen LogP contribution is 2.36. The molecule has 34 heavy (non-hydrogen) atoms. The van der Waals surface area contributed by atoms with Crippen LogP contribution in [-0.4, -0.2) is 67.5 Å². The van der Waals surface area contributed by atoms with E-state index in [1.807, 2.05) is 56.3 Å². The molecule has 0 unspecified atom stereocenters. The van der Waals surface area contributed by atoms with Gasteiger partial charge in [-0.15, -0.1) is 0 Å². The number of nitrogens with zero attached hydrogens (tertiary/aromatic N) is 3. The van der Waals surface area contributed by atoms with Gasteiger partial charge >= 0.3 is 6.03 Å². The number of hydrogen-bond acceptors (Lipinski definition) is 5. The standard InChI is InChI=1S/C25H31ClN4O4/c1-17(2)27-25(32)29(12-13-33-3)16-24(31)30-23(20-10-5-6-11-21(20)26)15-22(28-30)18-8-7-9-19(14-18)34-4/h5-11,14,17,23H,12-13,15-16H2,1-4H3,(H,27,32)/t23-/m0/s1. The van der Waals surface area contributed by atoms with Gasteiger partial charge in [0.15, 0.2) is 0 Å². The summed E-state index contributed by atoms with van der Waals surface area (Å²) in [5.41, 5.74) is 2.40. The van der Waals surface area contributed by atoms with Crippen LogP contribution in [0.25, 0.3) is 0 Å². The quantitative estimate of drug-likeness (QED) is 0.578. The van der Waals surface area contributed by atoms with Gasteiger partial charge in [0.1, 0.15) is 12.3 Å². The molecule has 0 fully saturated rings. The fourth-order valence-corrected chi connectivity index (χ4v) is 3.99. The molecule has 3 rings (SSSR count). The summed E-state index contributed by atoms with van der Waals surface area (Å²) in [5, 5.41) is 9.52. The zero-order chi connectivity index (χ0) is 24.7. The van der Waals surface area contributed by atoms with Crippen LogP contribution in [0.2, 0.25) is 5.02 Å². The largest absolute Gasteiger partial charge is 0.497 e. The Morgan fingerprint density at radius 3 is 2.65 bits per heavy atom. The Kier molecular flexibility index (Phi) is 8.90. The summed E-state index contributed by atoms with van der Waals surface area (Å²) in [6.45, 7) is 4.18. The van der Waals surface area contributed by atoms with Crippen molar-refractivity contribution in [3.05, 3.63) is 64.7 Å². The number of hydrazone groups is 1. The molecule has 182 valence electrons. The average molecular weight is 487 g/mol. The van der Waals surface area contributed by atoms with Crippen molar-refractivity contribution in [2.45, 2.75) is 32.4 Å². The Balaban J connectivity index is 1.92. The van der Waals surface area contributed by atoms with Gasteiger partial charge in [0.25, 0.3) is 5.91 Å². The van der Waals surface area contributed by atoms with E-state index in [4.69, 9.17) is 21.1 Å². The predicted octanol–water partition coefficient (Wildman–Crippen LogP) is 4.09. The lowest BCUT2D eigenvalue weighted by atomic mass is 9.98. The summed E-state index contributed by atoms with van der Waals surface area (Å²) in [6, 6.07) is 14.2. The number of methoxy groups -OCH3 is 2. The van der Waals surface area contributed by atoms with Crippen molar-refractivity contribution in [1.82, 2.24) is 15.2 Å². The maximum absolute atomic E-state index is 13.5. The normalized spacial score (nSPS) is 15.3. The summed E-state index contributed by atoms with van der Waals surface area (Å²) in [6.07, 6.45) is 0.485. The van der Waals surface area contributed by atoms with Gasteiger partial charge in [-0.3, -0.25) is 4.79 Å². The number of urea groups is 1. The van der Waals surface area contributed by atoms with Crippen LogP contribution in [-0.2, 0) is 9.53 Å².